The first-order valence-corrected chi connectivity index (χ1v) is 14.6. The van der Waals surface area contributed by atoms with Crippen molar-refractivity contribution in [2.45, 2.75) is 96.4 Å². The van der Waals surface area contributed by atoms with Crippen molar-refractivity contribution >= 4 is 33.8 Å². The van der Waals surface area contributed by atoms with Crippen molar-refractivity contribution in [2.75, 3.05) is 13.7 Å². The van der Waals surface area contributed by atoms with E-state index in [1.165, 1.54) is 7.11 Å². The van der Waals surface area contributed by atoms with Crippen molar-refractivity contribution in [3.63, 3.8) is 0 Å². The lowest BCUT2D eigenvalue weighted by Gasteiger charge is -2.61. The van der Waals surface area contributed by atoms with Crippen LogP contribution in [0.5, 0.6) is 0 Å². The second kappa shape index (κ2) is 10.3. The van der Waals surface area contributed by atoms with Gasteiger partial charge in [-0.3, -0.25) is 9.59 Å². The van der Waals surface area contributed by atoms with Gasteiger partial charge in [0.25, 0.3) is 0 Å². The number of ether oxygens (including phenoxy) is 3. The van der Waals surface area contributed by atoms with Gasteiger partial charge in [0.15, 0.2) is 0 Å². The van der Waals surface area contributed by atoms with E-state index in [-0.39, 0.29) is 39.6 Å². The molecule has 0 aromatic carbocycles. The molecule has 0 radical (unpaired) electrons. The molecule has 4 rings (SSSR count). The number of ketones is 1. The quantitative estimate of drug-likeness (QED) is 0.282. The number of rotatable bonds is 6. The van der Waals surface area contributed by atoms with E-state index in [1.54, 1.807) is 6.92 Å². The van der Waals surface area contributed by atoms with Crippen LogP contribution in [0.4, 0.5) is 4.79 Å². The fraction of sp³-hybridized carbons (Fsp3) is 0.893. The van der Waals surface area contributed by atoms with E-state index in [1.807, 2.05) is 0 Å². The molecule has 0 heterocycles. The highest BCUT2D eigenvalue weighted by atomic mass is 79.9. The lowest BCUT2D eigenvalue weighted by molar-refractivity contribution is -0.159. The third-order valence-electron chi connectivity index (χ3n) is 10.8. The summed E-state index contributed by atoms with van der Waals surface area (Å²) in [7, 11) is 1.46. The van der Waals surface area contributed by atoms with Crippen LogP contribution < -0.4 is 0 Å². The summed E-state index contributed by atoms with van der Waals surface area (Å²) in [4.78, 5) is 37.4. The molecular weight excluding hydrogens is 512 g/mol. The van der Waals surface area contributed by atoms with E-state index in [0.717, 1.165) is 51.4 Å². The van der Waals surface area contributed by atoms with Crippen molar-refractivity contribution in [3.8, 4) is 0 Å². The molecule has 0 amide bonds. The topological polar surface area (TPSA) is 78.9 Å². The monoisotopic (exact) mass is 554 g/mol. The molecule has 6 nitrogen and oxygen atoms in total. The van der Waals surface area contributed by atoms with Gasteiger partial charge in [0.1, 0.15) is 11.9 Å². The van der Waals surface area contributed by atoms with Gasteiger partial charge in [0.2, 0.25) is 0 Å². The van der Waals surface area contributed by atoms with Crippen LogP contribution in [0.3, 0.4) is 0 Å². The SMILES string of the molecule is CCOC(=O)O[C@@H]1CC[C@]2(C)[C@H]3CC[C@]4(C)[C@@H]([C@H](C)CCC(=O)OC)CC[C@H]4[C@@H]3C(=O)[C@H](Br)[C@@H]2C1. The van der Waals surface area contributed by atoms with Gasteiger partial charge < -0.3 is 14.2 Å². The Morgan fingerprint density at radius 1 is 1.06 bits per heavy atom. The molecule has 0 unspecified atom stereocenters. The lowest BCUT2D eigenvalue weighted by atomic mass is 9.44. The average molecular weight is 556 g/mol. The standard InChI is InChI=1S/C28H43BrO6/c1-6-34-26(32)35-17-11-13-28(4)20-12-14-27(3)18(16(2)7-10-22(30)33-5)8-9-19(27)23(20)25(31)24(29)21(28)15-17/h16-21,23-24H,6-15H2,1-5H3/t16-,17-,18-,19+,20+,21+,23+,24-,27-,28-/m1/s1. The zero-order chi connectivity index (χ0) is 25.5. The Hall–Kier alpha value is -1.11. The molecule has 0 spiro atoms. The first-order valence-electron chi connectivity index (χ1n) is 13.6. The summed E-state index contributed by atoms with van der Waals surface area (Å²) in [5, 5.41) is 0. The molecule has 198 valence electrons. The van der Waals surface area contributed by atoms with Crippen LogP contribution in [0.2, 0.25) is 0 Å². The maximum absolute atomic E-state index is 14.0. The Morgan fingerprint density at radius 2 is 1.74 bits per heavy atom. The minimum Gasteiger partial charge on any atom is -0.469 e. The van der Waals surface area contributed by atoms with Crippen LogP contribution in [-0.4, -0.2) is 42.6 Å². The molecule has 4 fully saturated rings. The first kappa shape index (κ1) is 26.9. The van der Waals surface area contributed by atoms with Crippen LogP contribution in [0.25, 0.3) is 0 Å². The summed E-state index contributed by atoms with van der Waals surface area (Å²) in [6.45, 7) is 9.18. The Kier molecular flexibility index (Phi) is 7.95. The summed E-state index contributed by atoms with van der Waals surface area (Å²) in [5.74, 6) is 2.28. The number of hydrogen-bond acceptors (Lipinski definition) is 6. The third-order valence-corrected chi connectivity index (χ3v) is 11.8. The van der Waals surface area contributed by atoms with Crippen LogP contribution in [0.1, 0.15) is 85.5 Å². The van der Waals surface area contributed by atoms with Gasteiger partial charge in [0.05, 0.1) is 18.5 Å². The molecule has 0 aromatic rings. The summed E-state index contributed by atoms with van der Waals surface area (Å²) in [5.41, 5.74) is 0.212. The molecule has 35 heavy (non-hydrogen) atoms. The minimum absolute atomic E-state index is 0.0666. The molecule has 4 aliphatic rings. The number of halogens is 1. The number of esters is 1. The average Bonchev–Trinajstić information content (AvgIpc) is 3.18. The van der Waals surface area contributed by atoms with Crippen LogP contribution in [0, 0.1) is 46.3 Å². The van der Waals surface area contributed by atoms with Crippen LogP contribution in [0.15, 0.2) is 0 Å². The van der Waals surface area contributed by atoms with Gasteiger partial charge in [0, 0.05) is 12.3 Å². The normalized spacial score (nSPS) is 43.4. The molecule has 7 heteroatoms. The van der Waals surface area contributed by atoms with Gasteiger partial charge in [-0.15, -0.1) is 0 Å². The summed E-state index contributed by atoms with van der Waals surface area (Å²) in [6, 6.07) is 0. The Bertz CT molecular complexity index is 830. The molecule has 0 bridgehead atoms. The molecule has 10 atom stereocenters. The second-order valence-corrected chi connectivity index (χ2v) is 13.2. The maximum atomic E-state index is 14.0. The second-order valence-electron chi connectivity index (χ2n) is 12.2. The zero-order valence-corrected chi connectivity index (χ0v) is 23.6. The smallest absolute Gasteiger partial charge is 0.469 e. The number of hydrogen-bond donors (Lipinski definition) is 0. The number of methoxy groups -OCH3 is 1. The molecule has 4 saturated carbocycles. The largest absolute Gasteiger partial charge is 0.508 e. The van der Waals surface area contributed by atoms with Gasteiger partial charge >= 0.3 is 12.1 Å². The molecule has 0 saturated heterocycles. The summed E-state index contributed by atoms with van der Waals surface area (Å²) in [6.07, 6.45) is 7.54. The van der Waals surface area contributed by atoms with Crippen LogP contribution in [-0.2, 0) is 23.8 Å². The summed E-state index contributed by atoms with van der Waals surface area (Å²) >= 11 is 3.85. The zero-order valence-electron chi connectivity index (χ0n) is 22.0. The van der Waals surface area contributed by atoms with Crippen molar-refractivity contribution in [3.05, 3.63) is 0 Å². The maximum Gasteiger partial charge on any atom is 0.508 e. The highest BCUT2D eigenvalue weighted by Crippen LogP contribution is 2.68. The predicted octanol–water partition coefficient (Wildman–Crippen LogP) is 6.33. The third kappa shape index (κ3) is 4.68. The first-order chi connectivity index (χ1) is 16.6. The fourth-order valence-electron chi connectivity index (χ4n) is 8.92. The van der Waals surface area contributed by atoms with E-state index in [4.69, 9.17) is 14.2 Å². The van der Waals surface area contributed by atoms with Gasteiger partial charge in [-0.05, 0) is 98.7 Å². The Morgan fingerprint density at radius 3 is 2.43 bits per heavy atom. The van der Waals surface area contributed by atoms with E-state index >= 15 is 0 Å². The van der Waals surface area contributed by atoms with Gasteiger partial charge in [-0.1, -0.05) is 36.7 Å². The molecular formula is C28H43BrO6. The van der Waals surface area contributed by atoms with E-state index < -0.39 is 6.16 Å². The molecule has 0 N–H and O–H groups in total. The minimum atomic E-state index is -0.598. The van der Waals surface area contributed by atoms with Crippen molar-refractivity contribution in [2.24, 2.45) is 46.3 Å². The van der Waals surface area contributed by atoms with Crippen molar-refractivity contribution in [1.82, 2.24) is 0 Å². The number of fused-ring (bicyclic) bond motifs is 5. The number of carbonyl (C=O) groups excluding carboxylic acids is 3. The van der Waals surface area contributed by atoms with Gasteiger partial charge in [-0.25, -0.2) is 4.79 Å². The lowest BCUT2D eigenvalue weighted by Crippen LogP contribution is -2.61. The Balaban J connectivity index is 1.51. The van der Waals surface area contributed by atoms with E-state index in [0.29, 0.717) is 42.5 Å². The Labute approximate surface area is 218 Å². The molecule has 0 aromatic heterocycles. The van der Waals surface area contributed by atoms with Gasteiger partial charge in [-0.2, -0.15) is 0 Å². The van der Waals surface area contributed by atoms with E-state index in [9.17, 15) is 14.4 Å². The van der Waals surface area contributed by atoms with Crippen molar-refractivity contribution < 1.29 is 28.6 Å². The van der Waals surface area contributed by atoms with Crippen LogP contribution >= 0.6 is 15.9 Å². The van der Waals surface area contributed by atoms with E-state index in [2.05, 4.69) is 36.7 Å². The number of Topliss-reactive ketones (excluding diaryl/α,β-unsaturated/α-hetero) is 1. The highest BCUT2D eigenvalue weighted by Gasteiger charge is 2.65. The molecule has 0 aliphatic heterocycles. The predicted molar refractivity (Wildman–Crippen MR) is 136 cm³/mol. The fourth-order valence-corrected chi connectivity index (χ4v) is 10.0. The molecule has 4 aliphatic carbocycles. The number of carbonyl (C=O) groups is 3. The van der Waals surface area contributed by atoms with Crippen molar-refractivity contribution in [1.29, 1.82) is 0 Å². The highest BCUT2D eigenvalue weighted by molar-refractivity contribution is 9.10. The number of alkyl halides is 1. The summed E-state index contributed by atoms with van der Waals surface area (Å²) < 4.78 is 15.5.